The van der Waals surface area contributed by atoms with Crippen LogP contribution in [0, 0.1) is 0 Å². The Morgan fingerprint density at radius 1 is 1.60 bits per heavy atom. The zero-order chi connectivity index (χ0) is 14.5. The molecule has 1 aromatic carbocycles. The van der Waals surface area contributed by atoms with E-state index < -0.39 is 0 Å². The second-order valence-corrected chi connectivity index (χ2v) is 5.96. The molecule has 1 aromatic rings. The van der Waals surface area contributed by atoms with Gasteiger partial charge in [-0.15, -0.1) is 0 Å². The summed E-state index contributed by atoms with van der Waals surface area (Å²) < 4.78 is 10.9. The predicted octanol–water partition coefficient (Wildman–Crippen LogP) is 2.20. The van der Waals surface area contributed by atoms with Gasteiger partial charge in [-0.3, -0.25) is 0 Å². The van der Waals surface area contributed by atoms with E-state index in [0.717, 1.165) is 24.3 Å². The van der Waals surface area contributed by atoms with Crippen molar-refractivity contribution in [2.45, 2.75) is 30.5 Å². The molecule has 1 aliphatic heterocycles. The SMILES string of the molecule is COc1cc(CSC2CCOC2C)ccc1/C(N)=N/O. The molecule has 3 N–H and O–H groups in total. The van der Waals surface area contributed by atoms with Gasteiger partial charge in [0.2, 0.25) is 0 Å². The first-order valence-electron chi connectivity index (χ1n) is 6.53. The number of thioether (sulfide) groups is 1. The number of oxime groups is 1. The Hall–Kier alpha value is -1.40. The highest BCUT2D eigenvalue weighted by atomic mass is 32.2. The largest absolute Gasteiger partial charge is 0.496 e. The van der Waals surface area contributed by atoms with Crippen LogP contribution in [0.5, 0.6) is 5.75 Å². The summed E-state index contributed by atoms with van der Waals surface area (Å²) in [6.45, 7) is 2.97. The van der Waals surface area contributed by atoms with Crippen LogP contribution < -0.4 is 10.5 Å². The molecule has 6 heteroatoms. The third-order valence-electron chi connectivity index (χ3n) is 3.42. The average Bonchev–Trinajstić information content (AvgIpc) is 2.89. The Bertz CT molecular complexity index is 493. The lowest BCUT2D eigenvalue weighted by atomic mass is 10.1. The molecule has 110 valence electrons. The van der Waals surface area contributed by atoms with Gasteiger partial charge < -0.3 is 20.4 Å². The normalized spacial score (nSPS) is 23.0. The number of rotatable bonds is 5. The van der Waals surface area contributed by atoms with Crippen LogP contribution in [0.1, 0.15) is 24.5 Å². The molecule has 0 amide bonds. The fourth-order valence-corrected chi connectivity index (χ4v) is 3.42. The van der Waals surface area contributed by atoms with Gasteiger partial charge in [0.1, 0.15) is 5.75 Å². The van der Waals surface area contributed by atoms with Gasteiger partial charge >= 0.3 is 0 Å². The van der Waals surface area contributed by atoms with Crippen molar-refractivity contribution in [3.63, 3.8) is 0 Å². The highest BCUT2D eigenvalue weighted by Crippen LogP contribution is 2.30. The number of amidine groups is 1. The van der Waals surface area contributed by atoms with Crippen molar-refractivity contribution in [2.24, 2.45) is 10.9 Å². The van der Waals surface area contributed by atoms with Crippen molar-refractivity contribution in [2.75, 3.05) is 13.7 Å². The molecule has 1 aliphatic rings. The van der Waals surface area contributed by atoms with Crippen molar-refractivity contribution in [1.82, 2.24) is 0 Å². The van der Waals surface area contributed by atoms with Crippen LogP contribution in [-0.4, -0.2) is 36.1 Å². The third-order valence-corrected chi connectivity index (χ3v) is 4.97. The highest BCUT2D eigenvalue weighted by molar-refractivity contribution is 7.99. The summed E-state index contributed by atoms with van der Waals surface area (Å²) in [6, 6.07) is 5.72. The molecule has 0 bridgehead atoms. The highest BCUT2D eigenvalue weighted by Gasteiger charge is 2.24. The lowest BCUT2D eigenvalue weighted by molar-refractivity contribution is 0.127. The molecule has 2 atom stereocenters. The second-order valence-electron chi connectivity index (χ2n) is 4.73. The van der Waals surface area contributed by atoms with Crippen LogP contribution in [0.4, 0.5) is 0 Å². The topological polar surface area (TPSA) is 77.1 Å². The molecule has 0 aliphatic carbocycles. The summed E-state index contributed by atoms with van der Waals surface area (Å²) in [7, 11) is 1.58. The van der Waals surface area contributed by atoms with Gasteiger partial charge in [0.15, 0.2) is 5.84 Å². The molecule has 2 rings (SSSR count). The van der Waals surface area contributed by atoms with E-state index >= 15 is 0 Å². The molecule has 1 fully saturated rings. The lowest BCUT2D eigenvalue weighted by Crippen LogP contribution is -2.15. The second kappa shape index (κ2) is 6.85. The van der Waals surface area contributed by atoms with E-state index in [1.54, 1.807) is 7.11 Å². The molecular weight excluding hydrogens is 276 g/mol. The minimum atomic E-state index is 0.0545. The van der Waals surface area contributed by atoms with Crippen molar-refractivity contribution < 1.29 is 14.7 Å². The molecule has 5 nitrogen and oxygen atoms in total. The maximum Gasteiger partial charge on any atom is 0.173 e. The molecule has 20 heavy (non-hydrogen) atoms. The molecule has 0 saturated carbocycles. The van der Waals surface area contributed by atoms with E-state index in [-0.39, 0.29) is 5.84 Å². The Labute approximate surface area is 123 Å². The van der Waals surface area contributed by atoms with Gasteiger partial charge in [-0.05, 0) is 31.0 Å². The van der Waals surface area contributed by atoms with E-state index in [1.807, 2.05) is 30.0 Å². The van der Waals surface area contributed by atoms with E-state index in [4.69, 9.17) is 20.4 Å². The number of ether oxygens (including phenoxy) is 2. The van der Waals surface area contributed by atoms with Crippen LogP contribution in [-0.2, 0) is 10.5 Å². The standard InChI is InChI=1S/C14H20N2O3S/c1-9-13(5-6-19-9)20-8-10-3-4-11(14(15)16-17)12(7-10)18-2/h3-4,7,9,13,17H,5-6,8H2,1-2H3,(H2,15,16). The number of hydrogen-bond acceptors (Lipinski definition) is 5. The van der Waals surface area contributed by atoms with Crippen LogP contribution >= 0.6 is 11.8 Å². The predicted molar refractivity (Wildman–Crippen MR) is 80.6 cm³/mol. The number of nitrogens with two attached hydrogens (primary N) is 1. The molecule has 1 heterocycles. The van der Waals surface area contributed by atoms with E-state index in [1.165, 1.54) is 0 Å². The number of nitrogens with zero attached hydrogens (tertiary/aromatic N) is 1. The molecule has 0 aromatic heterocycles. The number of hydrogen-bond donors (Lipinski definition) is 2. The van der Waals surface area contributed by atoms with Crippen LogP contribution in [0.3, 0.4) is 0 Å². The first kappa shape index (κ1) is 15.0. The Balaban J connectivity index is 2.06. The third kappa shape index (κ3) is 3.37. The summed E-state index contributed by atoms with van der Waals surface area (Å²) in [5.74, 6) is 1.57. The summed E-state index contributed by atoms with van der Waals surface area (Å²) in [5, 5.41) is 12.3. The molecule has 2 unspecified atom stereocenters. The van der Waals surface area contributed by atoms with Gasteiger partial charge in [-0.2, -0.15) is 11.8 Å². The van der Waals surface area contributed by atoms with Gasteiger partial charge in [0.05, 0.1) is 18.8 Å². The average molecular weight is 296 g/mol. The van der Waals surface area contributed by atoms with E-state index in [9.17, 15) is 0 Å². The molecule has 0 radical (unpaired) electrons. The van der Waals surface area contributed by atoms with E-state index in [0.29, 0.717) is 22.7 Å². The van der Waals surface area contributed by atoms with Crippen molar-refractivity contribution in [3.05, 3.63) is 29.3 Å². The number of benzene rings is 1. The molecular formula is C14H20N2O3S. The molecule has 0 spiro atoms. The van der Waals surface area contributed by atoms with Crippen molar-refractivity contribution in [3.8, 4) is 5.75 Å². The fourth-order valence-electron chi connectivity index (χ4n) is 2.23. The Kier molecular flexibility index (Phi) is 5.14. The Morgan fingerprint density at radius 3 is 3.00 bits per heavy atom. The summed E-state index contributed by atoms with van der Waals surface area (Å²) >= 11 is 1.89. The maximum absolute atomic E-state index is 8.74. The van der Waals surface area contributed by atoms with Gasteiger partial charge in [0.25, 0.3) is 0 Å². The first-order chi connectivity index (χ1) is 9.65. The summed E-state index contributed by atoms with van der Waals surface area (Å²) in [5.41, 5.74) is 7.36. The van der Waals surface area contributed by atoms with Crippen LogP contribution in [0.25, 0.3) is 0 Å². The maximum atomic E-state index is 8.74. The minimum absolute atomic E-state index is 0.0545. The monoisotopic (exact) mass is 296 g/mol. The number of methoxy groups -OCH3 is 1. The van der Waals surface area contributed by atoms with Crippen LogP contribution in [0.2, 0.25) is 0 Å². The Morgan fingerprint density at radius 2 is 2.40 bits per heavy atom. The minimum Gasteiger partial charge on any atom is -0.496 e. The smallest absolute Gasteiger partial charge is 0.173 e. The van der Waals surface area contributed by atoms with Crippen molar-refractivity contribution in [1.29, 1.82) is 0 Å². The fraction of sp³-hybridized carbons (Fsp3) is 0.500. The first-order valence-corrected chi connectivity index (χ1v) is 7.58. The van der Waals surface area contributed by atoms with Gasteiger partial charge in [0, 0.05) is 17.6 Å². The zero-order valence-electron chi connectivity index (χ0n) is 11.7. The summed E-state index contributed by atoms with van der Waals surface area (Å²) in [4.78, 5) is 0. The zero-order valence-corrected chi connectivity index (χ0v) is 12.5. The van der Waals surface area contributed by atoms with Gasteiger partial charge in [-0.1, -0.05) is 11.2 Å². The van der Waals surface area contributed by atoms with Crippen molar-refractivity contribution >= 4 is 17.6 Å². The van der Waals surface area contributed by atoms with E-state index in [2.05, 4.69) is 12.1 Å². The van der Waals surface area contributed by atoms with Crippen LogP contribution in [0.15, 0.2) is 23.4 Å². The summed E-state index contributed by atoms with van der Waals surface area (Å²) in [6.07, 6.45) is 1.42. The quantitative estimate of drug-likeness (QED) is 0.377. The molecule has 1 saturated heterocycles. The lowest BCUT2D eigenvalue weighted by Gasteiger charge is -2.14. The van der Waals surface area contributed by atoms with Gasteiger partial charge in [-0.25, -0.2) is 0 Å².